The highest BCUT2D eigenvalue weighted by molar-refractivity contribution is 5.95. The Morgan fingerprint density at radius 2 is 2.17 bits per heavy atom. The summed E-state index contributed by atoms with van der Waals surface area (Å²) in [5.74, 6) is -0.0388. The van der Waals surface area contributed by atoms with E-state index in [1.807, 2.05) is 13.0 Å². The van der Waals surface area contributed by atoms with Crippen LogP contribution in [-0.2, 0) is 4.79 Å². The number of benzene rings is 1. The van der Waals surface area contributed by atoms with Gasteiger partial charge in [-0.25, -0.2) is 0 Å². The lowest BCUT2D eigenvalue weighted by atomic mass is 10.1. The number of hydrogen-bond donors (Lipinski definition) is 1. The van der Waals surface area contributed by atoms with Crippen molar-refractivity contribution in [3.63, 3.8) is 0 Å². The Bertz CT molecular complexity index is 786. The van der Waals surface area contributed by atoms with Gasteiger partial charge in [-0.3, -0.25) is 19.9 Å². The fourth-order valence-electron chi connectivity index (χ4n) is 2.56. The summed E-state index contributed by atoms with van der Waals surface area (Å²) in [7, 11) is 1.81. The molecule has 7 nitrogen and oxygen atoms in total. The van der Waals surface area contributed by atoms with Crippen molar-refractivity contribution in [3.8, 4) is 0 Å². The van der Waals surface area contributed by atoms with Crippen molar-refractivity contribution in [1.29, 1.82) is 0 Å². The lowest BCUT2D eigenvalue weighted by Gasteiger charge is -2.21. The number of likely N-dealkylation sites (N-methyl/N-ethyl adjacent to an activating group) is 1. The van der Waals surface area contributed by atoms with Crippen LogP contribution in [0, 0.1) is 17.0 Å². The summed E-state index contributed by atoms with van der Waals surface area (Å²) in [6.45, 7) is 2.07. The maximum atomic E-state index is 12.0. The number of nitrogens with zero attached hydrogens (tertiary/aromatic N) is 3. The van der Waals surface area contributed by atoms with Gasteiger partial charge in [0.2, 0.25) is 5.91 Å². The van der Waals surface area contributed by atoms with E-state index in [1.54, 1.807) is 18.0 Å². The normalized spacial score (nSPS) is 13.8. The molecule has 0 unspecified atom stereocenters. The Hall–Kier alpha value is -2.70. The van der Waals surface area contributed by atoms with E-state index in [0.29, 0.717) is 16.9 Å². The molecule has 1 aliphatic carbocycles. The van der Waals surface area contributed by atoms with Crippen LogP contribution in [0.1, 0.15) is 18.5 Å². The molecule has 1 saturated carbocycles. The quantitative estimate of drug-likeness (QED) is 0.675. The molecule has 1 aromatic carbocycles. The van der Waals surface area contributed by atoms with Crippen molar-refractivity contribution in [2.75, 3.05) is 18.5 Å². The van der Waals surface area contributed by atoms with Gasteiger partial charge in [0.15, 0.2) is 0 Å². The number of rotatable bonds is 5. The predicted molar refractivity (Wildman–Crippen MR) is 87.6 cm³/mol. The number of amides is 1. The number of non-ortho nitro benzene ring substituents is 1. The van der Waals surface area contributed by atoms with Crippen molar-refractivity contribution >= 4 is 28.2 Å². The molecule has 1 aliphatic rings. The number of nitrogens with one attached hydrogen (secondary N) is 1. The monoisotopic (exact) mass is 314 g/mol. The average Bonchev–Trinajstić information content (AvgIpc) is 3.29. The molecule has 7 heteroatoms. The Morgan fingerprint density at radius 1 is 1.43 bits per heavy atom. The molecule has 0 bridgehead atoms. The van der Waals surface area contributed by atoms with Gasteiger partial charge >= 0.3 is 0 Å². The smallest absolute Gasteiger partial charge is 0.270 e. The molecule has 1 N–H and O–H groups in total. The first-order valence-corrected chi connectivity index (χ1v) is 7.50. The summed E-state index contributed by atoms with van der Waals surface area (Å²) >= 11 is 0. The number of hydrogen-bond acceptors (Lipinski definition) is 5. The average molecular weight is 314 g/mol. The highest BCUT2D eigenvalue weighted by atomic mass is 16.6. The summed E-state index contributed by atoms with van der Waals surface area (Å²) < 4.78 is 0. The zero-order valence-corrected chi connectivity index (χ0v) is 13.1. The highest BCUT2D eigenvalue weighted by Gasteiger charge is 2.24. The lowest BCUT2D eigenvalue weighted by molar-refractivity contribution is -0.384. The molecule has 3 rings (SSSR count). The van der Waals surface area contributed by atoms with E-state index >= 15 is 0 Å². The molecule has 0 saturated heterocycles. The van der Waals surface area contributed by atoms with Gasteiger partial charge in [-0.05, 0) is 31.9 Å². The molecule has 0 radical (unpaired) electrons. The largest absolute Gasteiger partial charge is 0.365 e. The van der Waals surface area contributed by atoms with E-state index < -0.39 is 4.92 Å². The van der Waals surface area contributed by atoms with Gasteiger partial charge in [-0.2, -0.15) is 0 Å². The van der Waals surface area contributed by atoms with Crippen LogP contribution >= 0.6 is 0 Å². The minimum absolute atomic E-state index is 0.0141. The van der Waals surface area contributed by atoms with E-state index in [9.17, 15) is 14.9 Å². The van der Waals surface area contributed by atoms with Crippen molar-refractivity contribution in [2.45, 2.75) is 25.8 Å². The van der Waals surface area contributed by atoms with Crippen molar-refractivity contribution in [1.82, 2.24) is 10.3 Å². The summed E-state index contributed by atoms with van der Waals surface area (Å²) in [4.78, 5) is 28.8. The van der Waals surface area contributed by atoms with E-state index in [0.717, 1.165) is 24.2 Å². The van der Waals surface area contributed by atoms with E-state index in [2.05, 4.69) is 10.3 Å². The van der Waals surface area contributed by atoms with Crippen LogP contribution in [0.2, 0.25) is 0 Å². The molecule has 1 fully saturated rings. The van der Waals surface area contributed by atoms with Crippen LogP contribution in [0.25, 0.3) is 10.9 Å². The molecule has 0 aliphatic heterocycles. The second kappa shape index (κ2) is 5.83. The van der Waals surface area contributed by atoms with Crippen LogP contribution < -0.4 is 10.2 Å². The number of pyridine rings is 1. The van der Waals surface area contributed by atoms with Gasteiger partial charge < -0.3 is 10.2 Å². The first-order valence-electron chi connectivity index (χ1n) is 7.50. The van der Waals surface area contributed by atoms with Crippen LogP contribution in [0.3, 0.4) is 0 Å². The number of aryl methyl sites for hydroxylation is 1. The Kier molecular flexibility index (Phi) is 3.85. The number of fused-ring (bicyclic) bond motifs is 1. The number of carbonyl (C=O) groups excluding carboxylic acids is 1. The first-order chi connectivity index (χ1) is 10.9. The van der Waals surface area contributed by atoms with Crippen molar-refractivity contribution < 1.29 is 9.72 Å². The molecule has 0 atom stereocenters. The number of carbonyl (C=O) groups is 1. The van der Waals surface area contributed by atoms with E-state index in [1.165, 1.54) is 12.1 Å². The van der Waals surface area contributed by atoms with Crippen LogP contribution in [0.5, 0.6) is 0 Å². The second-order valence-corrected chi connectivity index (χ2v) is 5.94. The zero-order valence-electron chi connectivity index (χ0n) is 13.1. The predicted octanol–water partition coefficient (Wildman–Crippen LogP) is 2.17. The molecule has 1 heterocycles. The number of nitro groups is 1. The summed E-state index contributed by atoms with van der Waals surface area (Å²) in [5, 5.41) is 14.6. The zero-order chi connectivity index (χ0) is 16.6. The van der Waals surface area contributed by atoms with Crippen LogP contribution in [0.4, 0.5) is 11.4 Å². The minimum atomic E-state index is -0.428. The summed E-state index contributed by atoms with van der Waals surface area (Å²) in [6, 6.07) is 6.75. The van der Waals surface area contributed by atoms with Gasteiger partial charge in [-0.15, -0.1) is 0 Å². The Labute approximate surface area is 133 Å². The highest BCUT2D eigenvalue weighted by Crippen LogP contribution is 2.29. The van der Waals surface area contributed by atoms with Gasteiger partial charge in [0.1, 0.15) is 0 Å². The molecule has 1 aromatic heterocycles. The van der Waals surface area contributed by atoms with Gasteiger partial charge in [0.05, 0.1) is 17.0 Å². The molecular formula is C16H18N4O3. The maximum absolute atomic E-state index is 12.0. The molecule has 120 valence electrons. The number of aromatic nitrogens is 1. The second-order valence-electron chi connectivity index (χ2n) is 5.94. The molecule has 2 aromatic rings. The standard InChI is InChI=1S/C16H18N4O3/c1-10-7-15(19(2)9-16(21)18-11-3-4-11)13-8-12(20(22)23)5-6-14(13)17-10/h5-8,11H,3-4,9H2,1-2H3,(H,18,21). The Morgan fingerprint density at radius 3 is 2.83 bits per heavy atom. The lowest BCUT2D eigenvalue weighted by Crippen LogP contribution is -2.36. The van der Waals surface area contributed by atoms with Crippen LogP contribution in [0.15, 0.2) is 24.3 Å². The van der Waals surface area contributed by atoms with Crippen molar-refractivity contribution in [2.24, 2.45) is 0 Å². The molecule has 23 heavy (non-hydrogen) atoms. The summed E-state index contributed by atoms with van der Waals surface area (Å²) in [6.07, 6.45) is 2.08. The first kappa shape index (κ1) is 15.2. The Balaban J connectivity index is 1.94. The van der Waals surface area contributed by atoms with Gasteiger partial charge in [0.25, 0.3) is 5.69 Å². The molecular weight excluding hydrogens is 296 g/mol. The summed E-state index contributed by atoms with van der Waals surface area (Å²) in [5.41, 5.74) is 2.26. The van der Waals surface area contributed by atoms with Gasteiger partial charge in [-0.1, -0.05) is 0 Å². The van der Waals surface area contributed by atoms with E-state index in [-0.39, 0.29) is 18.1 Å². The number of anilines is 1. The van der Waals surface area contributed by atoms with Crippen molar-refractivity contribution in [3.05, 3.63) is 40.1 Å². The third-order valence-corrected chi connectivity index (χ3v) is 3.84. The van der Waals surface area contributed by atoms with Crippen LogP contribution in [-0.4, -0.2) is 35.4 Å². The SMILES string of the molecule is Cc1cc(N(C)CC(=O)NC2CC2)c2cc([N+](=O)[O-])ccc2n1. The van der Waals surface area contributed by atoms with Gasteiger partial charge in [0, 0.05) is 42.0 Å². The number of nitro benzene ring substituents is 1. The fraction of sp³-hybridized carbons (Fsp3) is 0.375. The molecule has 0 spiro atoms. The third-order valence-electron chi connectivity index (χ3n) is 3.84. The maximum Gasteiger partial charge on any atom is 0.270 e. The topological polar surface area (TPSA) is 88.4 Å². The third kappa shape index (κ3) is 3.39. The fourth-order valence-corrected chi connectivity index (χ4v) is 2.56. The molecule has 1 amide bonds. The van der Waals surface area contributed by atoms with E-state index in [4.69, 9.17) is 0 Å². The minimum Gasteiger partial charge on any atom is -0.365 e.